The fraction of sp³-hybridized carbons (Fsp3) is 0.548. The molecule has 2 aromatic rings. The number of fused-ring (bicyclic) bond motifs is 9. The summed E-state index contributed by atoms with van der Waals surface area (Å²) in [7, 11) is 3.68. The molecule has 11 nitrogen and oxygen atoms in total. The molecule has 7 rings (SSSR count). The van der Waals surface area contributed by atoms with Crippen molar-refractivity contribution < 1.29 is 33.6 Å². The van der Waals surface area contributed by atoms with Gasteiger partial charge in [-0.3, -0.25) is 14.6 Å². The van der Waals surface area contributed by atoms with Gasteiger partial charge in [-0.2, -0.15) is 5.26 Å². The minimum atomic E-state index is -0.830. The molecule has 0 aliphatic carbocycles. The molecule has 3 N–H and O–H groups in total. The van der Waals surface area contributed by atoms with Gasteiger partial charge in [0.1, 0.15) is 30.2 Å². The summed E-state index contributed by atoms with van der Waals surface area (Å²) in [6.07, 6.45) is 0.646. The topological polar surface area (TPSA) is 140 Å². The molecule has 43 heavy (non-hydrogen) atoms. The highest BCUT2D eigenvalue weighted by Gasteiger charge is 2.60. The molecule has 2 fully saturated rings. The van der Waals surface area contributed by atoms with Crippen molar-refractivity contribution in [1.29, 1.82) is 5.26 Å². The van der Waals surface area contributed by atoms with Gasteiger partial charge in [-0.25, -0.2) is 0 Å². The van der Waals surface area contributed by atoms with Crippen LogP contribution in [0.2, 0.25) is 0 Å². The summed E-state index contributed by atoms with van der Waals surface area (Å²) in [5, 5.41) is 22.3. The molecule has 0 saturated carbocycles. The van der Waals surface area contributed by atoms with Crippen LogP contribution in [0.4, 0.5) is 0 Å². The minimum Gasteiger partial charge on any atom is -0.507 e. The van der Waals surface area contributed by atoms with Crippen molar-refractivity contribution in [1.82, 2.24) is 9.80 Å². The zero-order valence-corrected chi connectivity index (χ0v) is 25.7. The van der Waals surface area contributed by atoms with Gasteiger partial charge in [0.05, 0.1) is 23.4 Å². The number of benzene rings is 2. The number of aryl methyl sites for hydroxylation is 1. The SMILES string of the molecule is COCOc1c(C)c(C)cc2c1[C@@H]1C3[C@@H]4SC[C@H](N)C(=O)OC[C@@H](c5c6c(c(C)c(O)c54)OCO6)N3[C@@H](C#N)[C@H](C2)N1C. The lowest BCUT2D eigenvalue weighted by molar-refractivity contribution is -0.150. The van der Waals surface area contributed by atoms with Crippen molar-refractivity contribution in [2.24, 2.45) is 5.73 Å². The first-order valence-corrected chi connectivity index (χ1v) is 15.6. The molecule has 0 amide bonds. The molecule has 228 valence electrons. The summed E-state index contributed by atoms with van der Waals surface area (Å²) in [5.41, 5.74) is 12.7. The molecule has 1 unspecified atom stereocenters. The van der Waals surface area contributed by atoms with E-state index in [1.165, 1.54) is 11.8 Å². The number of ether oxygens (including phenoxy) is 5. The number of carbonyl (C=O) groups is 1. The Kier molecular flexibility index (Phi) is 6.94. The summed E-state index contributed by atoms with van der Waals surface area (Å²) in [6.45, 7) is 6.04. The van der Waals surface area contributed by atoms with E-state index in [0.29, 0.717) is 29.0 Å². The van der Waals surface area contributed by atoms with Gasteiger partial charge in [0.2, 0.25) is 6.79 Å². The third-order valence-electron chi connectivity index (χ3n) is 9.93. The number of methoxy groups -OCH3 is 1. The summed E-state index contributed by atoms with van der Waals surface area (Å²) < 4.78 is 29.4. The number of carbonyl (C=O) groups excluding carboxylic acids is 1. The molecule has 0 spiro atoms. The number of thioether (sulfide) groups is 1. The number of nitriles is 1. The Hall–Kier alpha value is -3.21. The maximum Gasteiger partial charge on any atom is 0.323 e. The average molecular weight is 609 g/mol. The molecule has 0 radical (unpaired) electrons. The van der Waals surface area contributed by atoms with E-state index in [0.717, 1.165) is 33.6 Å². The summed E-state index contributed by atoms with van der Waals surface area (Å²) in [5.74, 6) is 1.73. The average Bonchev–Trinajstić information content (AvgIpc) is 3.48. The summed E-state index contributed by atoms with van der Waals surface area (Å²) in [6, 6.07) is 2.24. The van der Waals surface area contributed by atoms with E-state index in [-0.39, 0.29) is 55.1 Å². The molecule has 5 heterocycles. The second-order valence-electron chi connectivity index (χ2n) is 12.0. The van der Waals surface area contributed by atoms with Crippen LogP contribution in [0.15, 0.2) is 6.07 Å². The van der Waals surface area contributed by atoms with Gasteiger partial charge in [0.25, 0.3) is 0 Å². The van der Waals surface area contributed by atoms with E-state index >= 15 is 0 Å². The first-order chi connectivity index (χ1) is 20.7. The van der Waals surface area contributed by atoms with E-state index in [1.807, 2.05) is 6.92 Å². The van der Waals surface area contributed by atoms with Crippen molar-refractivity contribution >= 4 is 17.7 Å². The van der Waals surface area contributed by atoms with Crippen LogP contribution in [0.1, 0.15) is 56.3 Å². The summed E-state index contributed by atoms with van der Waals surface area (Å²) in [4.78, 5) is 17.4. The van der Waals surface area contributed by atoms with Gasteiger partial charge in [0.15, 0.2) is 18.3 Å². The third kappa shape index (κ3) is 3.98. The number of nitrogens with zero attached hydrogens (tertiary/aromatic N) is 3. The van der Waals surface area contributed by atoms with Crippen molar-refractivity contribution in [2.45, 2.75) is 68.7 Å². The molecule has 5 aliphatic heterocycles. The van der Waals surface area contributed by atoms with Crippen LogP contribution in [0.25, 0.3) is 0 Å². The van der Waals surface area contributed by atoms with Crippen LogP contribution in [-0.4, -0.2) is 85.1 Å². The molecule has 12 heteroatoms. The largest absolute Gasteiger partial charge is 0.507 e. The quantitative estimate of drug-likeness (QED) is 0.391. The highest BCUT2D eigenvalue weighted by molar-refractivity contribution is 7.99. The smallest absolute Gasteiger partial charge is 0.323 e. The number of hydrogen-bond donors (Lipinski definition) is 2. The van der Waals surface area contributed by atoms with E-state index < -0.39 is 24.1 Å². The molecule has 2 aromatic carbocycles. The van der Waals surface area contributed by atoms with E-state index in [2.05, 4.69) is 42.8 Å². The Morgan fingerprint density at radius 3 is 2.67 bits per heavy atom. The van der Waals surface area contributed by atoms with Gasteiger partial charge in [-0.05, 0) is 50.9 Å². The lowest BCUT2D eigenvalue weighted by Crippen LogP contribution is -2.69. The van der Waals surface area contributed by atoms with Gasteiger partial charge in [0, 0.05) is 47.2 Å². The molecule has 2 saturated heterocycles. The van der Waals surface area contributed by atoms with Gasteiger partial charge >= 0.3 is 5.97 Å². The Morgan fingerprint density at radius 2 is 1.93 bits per heavy atom. The molecule has 0 aromatic heterocycles. The second-order valence-corrected chi connectivity index (χ2v) is 13.2. The van der Waals surface area contributed by atoms with Crippen LogP contribution >= 0.6 is 11.8 Å². The van der Waals surface area contributed by atoms with Crippen molar-refractivity contribution in [3.63, 3.8) is 0 Å². The molecular weight excluding hydrogens is 572 g/mol. The number of rotatable bonds is 3. The number of aromatic hydroxyl groups is 1. The highest BCUT2D eigenvalue weighted by atomic mass is 32.2. The number of cyclic esters (lactones) is 1. The Labute approximate surface area is 254 Å². The maximum atomic E-state index is 12.9. The number of hydrogen-bond acceptors (Lipinski definition) is 12. The molecule has 4 bridgehead atoms. The molecule has 5 aliphatic rings. The standard InChI is InChI=1S/C31H36N4O7S/c1-13-6-16-7-18-19(8-32)35-20-9-39-31(37)17(33)10-43-30(23-22(20)29-28(41-12-42-29)15(3)26(23)36)25(35)24(34(18)4)21(16)27(14(13)2)40-11-38-5/h6,17-20,24-25,30,36H,7,9-12,33H2,1-5H3/t17-,18-,19-,20-,24+,25?,30+/m0/s1. The maximum absolute atomic E-state index is 12.9. The van der Waals surface area contributed by atoms with E-state index in [4.69, 9.17) is 29.4 Å². The lowest BCUT2D eigenvalue weighted by Gasteiger charge is -2.61. The van der Waals surface area contributed by atoms with Crippen LogP contribution in [0, 0.1) is 32.1 Å². The number of phenolic OH excluding ortho intramolecular Hbond substituents is 1. The predicted octanol–water partition coefficient (Wildman–Crippen LogP) is 2.92. The van der Waals surface area contributed by atoms with E-state index in [9.17, 15) is 15.2 Å². The van der Waals surface area contributed by atoms with Gasteiger partial charge in [-0.1, -0.05) is 6.07 Å². The fourth-order valence-electron chi connectivity index (χ4n) is 7.87. The normalized spacial score (nSPS) is 31.0. The van der Waals surface area contributed by atoms with E-state index in [1.54, 1.807) is 7.11 Å². The van der Waals surface area contributed by atoms with Crippen molar-refractivity contribution in [2.75, 3.05) is 40.1 Å². The van der Waals surface area contributed by atoms with Crippen LogP contribution < -0.4 is 19.9 Å². The first kappa shape index (κ1) is 28.6. The monoisotopic (exact) mass is 608 g/mol. The Morgan fingerprint density at radius 1 is 1.16 bits per heavy atom. The van der Waals surface area contributed by atoms with Crippen molar-refractivity contribution in [3.05, 3.63) is 45.0 Å². The zero-order valence-electron chi connectivity index (χ0n) is 24.9. The second kappa shape index (κ2) is 10.5. The molecule has 7 atom stereocenters. The fourth-order valence-corrected chi connectivity index (χ4v) is 9.31. The van der Waals surface area contributed by atoms with Crippen LogP contribution in [0.5, 0.6) is 23.0 Å². The Bertz CT molecular complexity index is 1560. The molecular formula is C31H36N4O7S. The van der Waals surface area contributed by atoms with Crippen LogP contribution in [0.3, 0.4) is 0 Å². The number of nitrogens with two attached hydrogens (primary N) is 1. The number of piperazine rings is 1. The number of likely N-dealkylation sites (N-methyl/N-ethyl adjacent to an activating group) is 1. The highest BCUT2D eigenvalue weighted by Crippen LogP contribution is 2.63. The summed E-state index contributed by atoms with van der Waals surface area (Å²) >= 11 is 1.51. The predicted molar refractivity (Wildman–Crippen MR) is 157 cm³/mol. The minimum absolute atomic E-state index is 0.0204. The lowest BCUT2D eigenvalue weighted by atomic mass is 9.71. The Balaban J connectivity index is 1.53. The van der Waals surface area contributed by atoms with Crippen LogP contribution in [-0.2, 0) is 20.7 Å². The first-order valence-electron chi connectivity index (χ1n) is 14.5. The third-order valence-corrected chi connectivity index (χ3v) is 11.4. The van der Waals surface area contributed by atoms with Gasteiger partial charge in [-0.15, -0.1) is 11.8 Å². The van der Waals surface area contributed by atoms with Gasteiger partial charge < -0.3 is 34.5 Å². The zero-order chi connectivity index (χ0) is 30.3. The van der Waals surface area contributed by atoms with Crippen molar-refractivity contribution in [3.8, 4) is 29.1 Å². The number of phenols is 1. The number of esters is 1.